The van der Waals surface area contributed by atoms with E-state index in [-0.39, 0.29) is 0 Å². The van der Waals surface area contributed by atoms with Gasteiger partial charge in [-0.05, 0) is 48.4 Å². The normalized spacial score (nSPS) is 11.8. The molecule has 0 amide bonds. The molecule has 0 heterocycles. The topological polar surface area (TPSA) is 30.5 Å². The molecule has 0 fully saturated rings. The van der Waals surface area contributed by atoms with E-state index < -0.39 is 0 Å². The first kappa shape index (κ1) is 20.3. The van der Waals surface area contributed by atoms with Gasteiger partial charge in [0.1, 0.15) is 0 Å². The molecule has 3 aromatic carbocycles. The zero-order chi connectivity index (χ0) is 19.6. The summed E-state index contributed by atoms with van der Waals surface area (Å²) in [7, 11) is 3.33. The SMILES string of the molecule is COc1ccc(CCNC(CSc2ccccc2)c2ccccc2)cc1OC. The number of methoxy groups -OCH3 is 2. The summed E-state index contributed by atoms with van der Waals surface area (Å²) in [6.45, 7) is 0.893. The van der Waals surface area contributed by atoms with E-state index >= 15 is 0 Å². The predicted octanol–water partition coefficient (Wildman–Crippen LogP) is 5.37. The van der Waals surface area contributed by atoms with E-state index in [1.807, 2.05) is 17.8 Å². The minimum atomic E-state index is 0.298. The van der Waals surface area contributed by atoms with Crippen molar-refractivity contribution in [1.29, 1.82) is 0 Å². The Morgan fingerprint density at radius 3 is 2.18 bits per heavy atom. The molecule has 0 radical (unpaired) electrons. The molecule has 146 valence electrons. The van der Waals surface area contributed by atoms with Gasteiger partial charge in [-0.2, -0.15) is 0 Å². The Bertz CT molecular complexity index is 840. The first-order valence-electron chi connectivity index (χ1n) is 9.47. The van der Waals surface area contributed by atoms with Crippen molar-refractivity contribution < 1.29 is 9.47 Å². The summed E-state index contributed by atoms with van der Waals surface area (Å²) in [5, 5.41) is 3.73. The van der Waals surface area contributed by atoms with Gasteiger partial charge in [-0.15, -0.1) is 11.8 Å². The Kier molecular flexibility index (Phi) is 7.82. The Hall–Kier alpha value is -2.43. The molecule has 0 bridgehead atoms. The van der Waals surface area contributed by atoms with Crippen LogP contribution < -0.4 is 14.8 Å². The van der Waals surface area contributed by atoms with Crippen LogP contribution in [-0.4, -0.2) is 26.5 Å². The quantitative estimate of drug-likeness (QED) is 0.469. The lowest BCUT2D eigenvalue weighted by Gasteiger charge is -2.19. The van der Waals surface area contributed by atoms with Gasteiger partial charge in [-0.1, -0.05) is 54.6 Å². The number of hydrogen-bond acceptors (Lipinski definition) is 4. The van der Waals surface area contributed by atoms with Crippen molar-refractivity contribution in [3.05, 3.63) is 90.0 Å². The van der Waals surface area contributed by atoms with Gasteiger partial charge in [0.25, 0.3) is 0 Å². The molecular formula is C24H27NO2S. The molecule has 1 atom stereocenters. The highest BCUT2D eigenvalue weighted by Gasteiger charge is 2.12. The average Bonchev–Trinajstić information content (AvgIpc) is 2.77. The van der Waals surface area contributed by atoms with Gasteiger partial charge >= 0.3 is 0 Å². The maximum absolute atomic E-state index is 5.41. The summed E-state index contributed by atoms with van der Waals surface area (Å²) in [5.41, 5.74) is 2.55. The van der Waals surface area contributed by atoms with Crippen LogP contribution in [0.5, 0.6) is 11.5 Å². The van der Waals surface area contributed by atoms with Gasteiger partial charge in [0.15, 0.2) is 11.5 Å². The second-order valence-corrected chi connectivity index (χ2v) is 7.57. The van der Waals surface area contributed by atoms with Crippen molar-refractivity contribution in [2.75, 3.05) is 26.5 Å². The molecule has 1 unspecified atom stereocenters. The molecular weight excluding hydrogens is 366 g/mol. The zero-order valence-electron chi connectivity index (χ0n) is 16.4. The van der Waals surface area contributed by atoms with E-state index in [1.165, 1.54) is 16.0 Å². The van der Waals surface area contributed by atoms with Crippen molar-refractivity contribution in [3.63, 3.8) is 0 Å². The predicted molar refractivity (Wildman–Crippen MR) is 118 cm³/mol. The number of hydrogen-bond donors (Lipinski definition) is 1. The smallest absolute Gasteiger partial charge is 0.160 e. The van der Waals surface area contributed by atoms with Crippen molar-refractivity contribution in [2.24, 2.45) is 0 Å². The van der Waals surface area contributed by atoms with E-state index in [2.05, 4.69) is 78.1 Å². The molecule has 1 N–H and O–H groups in total. The zero-order valence-corrected chi connectivity index (χ0v) is 17.2. The van der Waals surface area contributed by atoms with Crippen LogP contribution in [0.15, 0.2) is 83.8 Å². The summed E-state index contributed by atoms with van der Waals surface area (Å²) in [5.74, 6) is 2.53. The van der Waals surface area contributed by atoms with Gasteiger partial charge in [0.2, 0.25) is 0 Å². The Morgan fingerprint density at radius 2 is 1.50 bits per heavy atom. The third-order valence-electron chi connectivity index (χ3n) is 4.61. The molecule has 4 heteroatoms. The molecule has 3 nitrogen and oxygen atoms in total. The van der Waals surface area contributed by atoms with Crippen molar-refractivity contribution in [1.82, 2.24) is 5.32 Å². The minimum absolute atomic E-state index is 0.298. The number of nitrogens with one attached hydrogen (secondary N) is 1. The van der Waals surface area contributed by atoms with Crippen LogP contribution in [0.1, 0.15) is 17.2 Å². The first-order valence-corrected chi connectivity index (χ1v) is 10.5. The molecule has 0 spiro atoms. The minimum Gasteiger partial charge on any atom is -0.493 e. The van der Waals surface area contributed by atoms with Crippen molar-refractivity contribution in [3.8, 4) is 11.5 Å². The first-order chi connectivity index (χ1) is 13.8. The number of rotatable bonds is 10. The van der Waals surface area contributed by atoms with Gasteiger partial charge < -0.3 is 14.8 Å². The summed E-state index contributed by atoms with van der Waals surface area (Å²) in [4.78, 5) is 1.30. The summed E-state index contributed by atoms with van der Waals surface area (Å²) in [6.07, 6.45) is 0.930. The van der Waals surface area contributed by atoms with E-state index in [9.17, 15) is 0 Å². The largest absolute Gasteiger partial charge is 0.493 e. The molecule has 0 aliphatic rings. The van der Waals surface area contributed by atoms with Gasteiger partial charge in [0.05, 0.1) is 14.2 Å². The maximum atomic E-state index is 5.41. The summed E-state index contributed by atoms with van der Waals surface area (Å²) < 4.78 is 10.7. The summed E-state index contributed by atoms with van der Waals surface area (Å²) >= 11 is 1.88. The van der Waals surface area contributed by atoms with Crippen LogP contribution in [-0.2, 0) is 6.42 Å². The van der Waals surface area contributed by atoms with Crippen LogP contribution in [0, 0.1) is 0 Å². The molecule has 0 saturated carbocycles. The second-order valence-electron chi connectivity index (χ2n) is 6.48. The molecule has 0 aliphatic heterocycles. The van der Waals surface area contributed by atoms with Crippen LogP contribution in [0.2, 0.25) is 0 Å². The molecule has 3 aromatic rings. The van der Waals surface area contributed by atoms with Gasteiger partial charge in [-0.3, -0.25) is 0 Å². The highest BCUT2D eigenvalue weighted by atomic mass is 32.2. The van der Waals surface area contributed by atoms with Crippen LogP contribution >= 0.6 is 11.8 Å². The third-order valence-corrected chi connectivity index (χ3v) is 5.72. The van der Waals surface area contributed by atoms with E-state index in [0.29, 0.717) is 6.04 Å². The lowest BCUT2D eigenvalue weighted by Crippen LogP contribution is -2.25. The number of thioether (sulfide) groups is 1. The van der Waals surface area contributed by atoms with E-state index in [1.54, 1.807) is 14.2 Å². The molecule has 0 saturated heterocycles. The summed E-state index contributed by atoms with van der Waals surface area (Å²) in [6, 6.07) is 27.6. The lowest BCUT2D eigenvalue weighted by molar-refractivity contribution is 0.354. The van der Waals surface area contributed by atoms with Gasteiger partial charge in [-0.25, -0.2) is 0 Å². The van der Waals surface area contributed by atoms with Crippen molar-refractivity contribution >= 4 is 11.8 Å². The van der Waals surface area contributed by atoms with E-state index in [0.717, 1.165) is 30.2 Å². The fraction of sp³-hybridized carbons (Fsp3) is 0.250. The van der Waals surface area contributed by atoms with E-state index in [4.69, 9.17) is 9.47 Å². The molecule has 3 rings (SSSR count). The molecule has 0 aromatic heterocycles. The molecule has 28 heavy (non-hydrogen) atoms. The fourth-order valence-electron chi connectivity index (χ4n) is 3.08. The van der Waals surface area contributed by atoms with Crippen LogP contribution in [0.25, 0.3) is 0 Å². The number of benzene rings is 3. The van der Waals surface area contributed by atoms with Crippen LogP contribution in [0.4, 0.5) is 0 Å². The fourth-order valence-corrected chi connectivity index (χ4v) is 4.10. The van der Waals surface area contributed by atoms with Crippen LogP contribution in [0.3, 0.4) is 0 Å². The van der Waals surface area contributed by atoms with Gasteiger partial charge in [0, 0.05) is 16.7 Å². The third kappa shape index (κ3) is 5.78. The number of ether oxygens (including phenoxy) is 2. The average molecular weight is 394 g/mol. The Morgan fingerprint density at radius 1 is 0.821 bits per heavy atom. The monoisotopic (exact) mass is 393 g/mol. The highest BCUT2D eigenvalue weighted by Crippen LogP contribution is 2.28. The Balaban J connectivity index is 1.61. The highest BCUT2D eigenvalue weighted by molar-refractivity contribution is 7.99. The lowest BCUT2D eigenvalue weighted by atomic mass is 10.1. The molecule has 0 aliphatic carbocycles. The Labute approximate surface area is 172 Å². The second kappa shape index (κ2) is 10.8. The standard InChI is InChI=1S/C24H27NO2S/c1-26-23-14-13-19(17-24(23)27-2)15-16-25-22(20-9-5-3-6-10-20)18-28-21-11-7-4-8-12-21/h3-14,17,22,25H,15-16,18H2,1-2H3. The van der Waals surface area contributed by atoms with Crippen molar-refractivity contribution in [2.45, 2.75) is 17.4 Å². The maximum Gasteiger partial charge on any atom is 0.160 e.